The van der Waals surface area contributed by atoms with E-state index in [0.717, 1.165) is 0 Å². The Hall–Kier alpha value is -0.190. The molecule has 0 aliphatic heterocycles. The van der Waals surface area contributed by atoms with Crippen LogP contribution in [0.3, 0.4) is 0 Å². The fraction of sp³-hybridized carbons (Fsp3) is 0.750. The largest absolute Gasteiger partial charge is 0.469 e. The van der Waals surface area contributed by atoms with Gasteiger partial charge in [-0.15, -0.1) is 6.58 Å². The van der Waals surface area contributed by atoms with E-state index in [9.17, 15) is 4.57 Å². The molecule has 0 spiro atoms. The monoisotopic (exact) mass is 226 g/mol. The van der Waals surface area contributed by atoms with E-state index in [4.69, 9.17) is 9.79 Å². The average Bonchev–Trinajstić information content (AvgIpc) is 1.81. The van der Waals surface area contributed by atoms with Crippen LogP contribution in [0.25, 0.3) is 0 Å². The average molecular weight is 226 g/mol. The summed E-state index contributed by atoms with van der Waals surface area (Å²) in [6.07, 6.45) is 1.75. The van der Waals surface area contributed by atoms with Crippen LogP contribution in [0, 0.1) is 0 Å². The van der Waals surface area contributed by atoms with Crippen molar-refractivity contribution in [2.24, 2.45) is 0 Å². The summed E-state index contributed by atoms with van der Waals surface area (Å²) in [5.74, 6) is 0. The molecule has 2 N–H and O–H groups in total. The van der Waals surface area contributed by atoms with E-state index in [1.165, 1.54) is 0 Å². The first-order valence-electron chi connectivity index (χ1n) is 4.20. The van der Waals surface area contributed by atoms with Gasteiger partial charge in [-0.25, -0.2) is 4.57 Å². The molecule has 0 fully saturated rings. The van der Waals surface area contributed by atoms with Crippen LogP contribution in [-0.2, 0) is 9.09 Å². The van der Waals surface area contributed by atoms with Crippen molar-refractivity contribution in [3.05, 3.63) is 12.7 Å². The van der Waals surface area contributed by atoms with E-state index in [2.05, 4.69) is 11.1 Å². The Balaban J connectivity index is 0. The van der Waals surface area contributed by atoms with Crippen molar-refractivity contribution in [1.29, 1.82) is 0 Å². The number of phosphoric acid groups is 1. The van der Waals surface area contributed by atoms with Gasteiger partial charge in [-0.1, -0.05) is 6.08 Å². The summed E-state index contributed by atoms with van der Waals surface area (Å²) in [5.41, 5.74) is 0. The second kappa shape index (κ2) is 7.15. The Morgan fingerprint density at radius 1 is 1.43 bits per heavy atom. The Morgan fingerprint density at radius 3 is 2.00 bits per heavy atom. The summed E-state index contributed by atoms with van der Waals surface area (Å²) in [6, 6.07) is 0. The maximum Gasteiger partial charge on any atom is 0.469 e. The topological polar surface area (TPSA) is 66.8 Å². The van der Waals surface area contributed by atoms with Crippen LogP contribution in [0.5, 0.6) is 0 Å². The first kappa shape index (κ1) is 16.2. The SMILES string of the molecule is C=CC.C[N+](C)(C)CCOP(=O)(O)O. The van der Waals surface area contributed by atoms with E-state index >= 15 is 0 Å². The number of allylic oxidation sites excluding steroid dienone is 1. The molecule has 0 aromatic rings. The van der Waals surface area contributed by atoms with Gasteiger partial charge in [0.2, 0.25) is 0 Å². The molecule has 86 valence electrons. The molecule has 5 nitrogen and oxygen atoms in total. The first-order valence-corrected chi connectivity index (χ1v) is 5.73. The van der Waals surface area contributed by atoms with Gasteiger partial charge in [0.05, 0.1) is 21.1 Å². The van der Waals surface area contributed by atoms with Crippen LogP contribution in [-0.4, -0.2) is 48.6 Å². The quantitative estimate of drug-likeness (QED) is 0.426. The number of rotatable bonds is 4. The van der Waals surface area contributed by atoms with Gasteiger partial charge >= 0.3 is 7.82 Å². The molecule has 0 saturated carbocycles. The zero-order valence-electron chi connectivity index (χ0n) is 9.30. The van der Waals surface area contributed by atoms with E-state index in [-0.39, 0.29) is 6.61 Å². The molecule has 0 radical (unpaired) electrons. The van der Waals surface area contributed by atoms with Crippen molar-refractivity contribution in [1.82, 2.24) is 0 Å². The maximum atomic E-state index is 10.2. The van der Waals surface area contributed by atoms with Gasteiger partial charge in [0.25, 0.3) is 0 Å². The molecule has 0 aromatic heterocycles. The molecule has 6 heteroatoms. The molecular weight excluding hydrogens is 205 g/mol. The van der Waals surface area contributed by atoms with Crippen LogP contribution in [0.1, 0.15) is 6.92 Å². The van der Waals surface area contributed by atoms with Gasteiger partial charge in [0.1, 0.15) is 13.2 Å². The van der Waals surface area contributed by atoms with Crippen molar-refractivity contribution < 1.29 is 23.4 Å². The Labute approximate surface area is 85.8 Å². The van der Waals surface area contributed by atoms with Gasteiger partial charge in [0, 0.05) is 0 Å². The number of hydrogen-bond donors (Lipinski definition) is 2. The van der Waals surface area contributed by atoms with E-state index in [1.807, 2.05) is 28.1 Å². The highest BCUT2D eigenvalue weighted by Crippen LogP contribution is 2.35. The minimum Gasteiger partial charge on any atom is -0.329 e. The molecular formula is C8H21NO4P+. The predicted octanol–water partition coefficient (Wildman–Crippen LogP) is 0.994. The zero-order chi connectivity index (χ0) is 11.8. The molecule has 0 amide bonds. The third-order valence-corrected chi connectivity index (χ3v) is 1.54. The molecule has 0 aliphatic rings. The van der Waals surface area contributed by atoms with Crippen molar-refractivity contribution in [3.8, 4) is 0 Å². The van der Waals surface area contributed by atoms with Gasteiger partial charge in [-0.3, -0.25) is 4.52 Å². The fourth-order valence-electron chi connectivity index (χ4n) is 0.434. The highest BCUT2D eigenvalue weighted by atomic mass is 31.2. The molecule has 0 aliphatic carbocycles. The number of quaternary nitrogens is 1. The molecule has 0 bridgehead atoms. The van der Waals surface area contributed by atoms with Crippen LogP contribution >= 0.6 is 7.82 Å². The third kappa shape index (κ3) is 22.6. The Morgan fingerprint density at radius 2 is 1.79 bits per heavy atom. The van der Waals surface area contributed by atoms with Crippen LogP contribution in [0.4, 0.5) is 0 Å². The highest BCUT2D eigenvalue weighted by Gasteiger charge is 2.15. The predicted molar refractivity (Wildman–Crippen MR) is 56.8 cm³/mol. The smallest absolute Gasteiger partial charge is 0.329 e. The standard InChI is InChI=1S/C5H14NO4P.C3H6/c1-6(2,3)4-5-10-11(7,8)9;1-3-2/h4-5H2,1-3H3,(H-,7,8,9);3H,1H2,2H3/p+1. The Kier molecular flexibility index (Phi) is 8.30. The molecule has 0 rings (SSSR count). The van der Waals surface area contributed by atoms with Gasteiger partial charge in [-0.2, -0.15) is 0 Å². The highest BCUT2D eigenvalue weighted by molar-refractivity contribution is 7.46. The minimum atomic E-state index is -4.26. The normalized spacial score (nSPS) is 11.6. The molecule has 0 atom stereocenters. The number of phosphoric ester groups is 1. The zero-order valence-corrected chi connectivity index (χ0v) is 10.2. The summed E-state index contributed by atoms with van der Waals surface area (Å²) in [6.45, 7) is 5.90. The summed E-state index contributed by atoms with van der Waals surface area (Å²) in [7, 11) is 1.50. The van der Waals surface area contributed by atoms with Gasteiger partial charge in [-0.05, 0) is 6.92 Å². The van der Waals surface area contributed by atoms with E-state index in [0.29, 0.717) is 11.0 Å². The van der Waals surface area contributed by atoms with Crippen molar-refractivity contribution >= 4 is 7.82 Å². The molecule has 0 heterocycles. The lowest BCUT2D eigenvalue weighted by molar-refractivity contribution is -0.870. The van der Waals surface area contributed by atoms with Crippen LogP contribution in [0.15, 0.2) is 12.7 Å². The maximum absolute atomic E-state index is 10.2. The van der Waals surface area contributed by atoms with Gasteiger partial charge in [0.15, 0.2) is 0 Å². The number of nitrogens with zero attached hydrogens (tertiary/aromatic N) is 1. The van der Waals surface area contributed by atoms with Gasteiger partial charge < -0.3 is 14.3 Å². The fourth-order valence-corrected chi connectivity index (χ4v) is 0.753. The lowest BCUT2D eigenvalue weighted by Gasteiger charge is -2.23. The second-order valence-corrected chi connectivity index (χ2v) is 4.99. The van der Waals surface area contributed by atoms with Crippen molar-refractivity contribution in [2.75, 3.05) is 34.3 Å². The van der Waals surface area contributed by atoms with Crippen LogP contribution < -0.4 is 0 Å². The second-order valence-electron chi connectivity index (χ2n) is 3.75. The minimum absolute atomic E-state index is 0.0772. The number of likely N-dealkylation sites (N-methyl/N-ethyl adjacent to an activating group) is 1. The molecule has 0 saturated heterocycles. The molecule has 0 aromatic carbocycles. The summed E-state index contributed by atoms with van der Waals surface area (Å²) < 4.78 is 15.1. The lowest BCUT2D eigenvalue weighted by Crippen LogP contribution is -2.37. The first-order chi connectivity index (χ1) is 6.12. The summed E-state index contributed by atoms with van der Waals surface area (Å²) >= 11 is 0. The summed E-state index contributed by atoms with van der Waals surface area (Å²) in [5, 5.41) is 0. The van der Waals surface area contributed by atoms with E-state index < -0.39 is 7.82 Å². The van der Waals surface area contributed by atoms with E-state index in [1.54, 1.807) is 6.08 Å². The summed E-state index contributed by atoms with van der Waals surface area (Å²) in [4.78, 5) is 16.6. The molecule has 14 heavy (non-hydrogen) atoms. The molecule has 0 unspecified atom stereocenters. The Bertz CT molecular complexity index is 194. The third-order valence-electron chi connectivity index (χ3n) is 1.02. The van der Waals surface area contributed by atoms with Crippen molar-refractivity contribution in [2.45, 2.75) is 6.92 Å². The van der Waals surface area contributed by atoms with Crippen molar-refractivity contribution in [3.63, 3.8) is 0 Å². The lowest BCUT2D eigenvalue weighted by atomic mass is 10.5. The van der Waals surface area contributed by atoms with Crippen LogP contribution in [0.2, 0.25) is 0 Å². The number of hydrogen-bond acceptors (Lipinski definition) is 2.